The number of hydrogen-bond acceptors (Lipinski definition) is 5. The molecular formula is C18H23N3O2. The molecule has 0 saturated heterocycles. The maximum absolute atomic E-state index is 9.71. The number of benzene rings is 1. The van der Waals surface area contributed by atoms with Gasteiger partial charge in [0.1, 0.15) is 12.7 Å². The Morgan fingerprint density at radius 1 is 1.35 bits per heavy atom. The van der Waals surface area contributed by atoms with Crippen molar-refractivity contribution in [1.29, 1.82) is 0 Å². The van der Waals surface area contributed by atoms with Gasteiger partial charge in [-0.1, -0.05) is 47.6 Å². The normalized spacial score (nSPS) is 15.5. The van der Waals surface area contributed by atoms with Gasteiger partial charge in [-0.2, -0.15) is 0 Å². The zero-order valence-corrected chi connectivity index (χ0v) is 13.1. The summed E-state index contributed by atoms with van der Waals surface area (Å²) in [5.41, 5.74) is 2.15. The molecule has 1 aliphatic rings. The van der Waals surface area contributed by atoms with Crippen molar-refractivity contribution in [2.75, 3.05) is 19.7 Å². The number of nitrogens with zero attached hydrogens (tertiary/aromatic N) is 1. The van der Waals surface area contributed by atoms with Gasteiger partial charge in [-0.15, -0.1) is 6.58 Å². The second-order valence-corrected chi connectivity index (χ2v) is 5.17. The van der Waals surface area contributed by atoms with Crippen molar-refractivity contribution in [3.8, 4) is 0 Å². The van der Waals surface area contributed by atoms with Crippen molar-refractivity contribution in [1.82, 2.24) is 10.6 Å². The highest BCUT2D eigenvalue weighted by molar-refractivity contribution is 5.82. The maximum atomic E-state index is 9.71. The predicted molar refractivity (Wildman–Crippen MR) is 93.2 cm³/mol. The number of oxime groups is 1. The van der Waals surface area contributed by atoms with Crippen LogP contribution < -0.4 is 10.6 Å². The molecule has 0 aromatic heterocycles. The van der Waals surface area contributed by atoms with Crippen molar-refractivity contribution >= 4 is 6.21 Å². The summed E-state index contributed by atoms with van der Waals surface area (Å²) in [6, 6.07) is 8.04. The third-order valence-corrected chi connectivity index (χ3v) is 3.36. The van der Waals surface area contributed by atoms with Crippen LogP contribution in [0.2, 0.25) is 0 Å². The second-order valence-electron chi connectivity index (χ2n) is 5.17. The lowest BCUT2D eigenvalue weighted by atomic mass is 9.94. The summed E-state index contributed by atoms with van der Waals surface area (Å²) in [5, 5.41) is 19.7. The molecule has 23 heavy (non-hydrogen) atoms. The van der Waals surface area contributed by atoms with Crippen LogP contribution in [0, 0.1) is 0 Å². The Balaban J connectivity index is 1.87. The first-order valence-electron chi connectivity index (χ1n) is 7.64. The van der Waals surface area contributed by atoms with Crippen LogP contribution >= 0.6 is 0 Å². The molecule has 1 aliphatic heterocycles. The summed E-state index contributed by atoms with van der Waals surface area (Å²) >= 11 is 0. The molecule has 1 atom stereocenters. The maximum Gasteiger partial charge on any atom is 0.144 e. The monoisotopic (exact) mass is 313 g/mol. The number of rotatable bonds is 9. The molecule has 2 rings (SSSR count). The summed E-state index contributed by atoms with van der Waals surface area (Å²) in [6.07, 6.45) is 10.8. The summed E-state index contributed by atoms with van der Waals surface area (Å²) in [7, 11) is 0. The zero-order valence-electron chi connectivity index (χ0n) is 13.1. The van der Waals surface area contributed by atoms with Gasteiger partial charge < -0.3 is 20.6 Å². The third kappa shape index (κ3) is 5.73. The topological polar surface area (TPSA) is 65.9 Å². The molecule has 1 heterocycles. The Morgan fingerprint density at radius 2 is 2.13 bits per heavy atom. The number of nitrogens with one attached hydrogen (secondary N) is 2. The number of dihydropyridines is 1. The van der Waals surface area contributed by atoms with E-state index in [9.17, 15) is 5.11 Å². The largest absolute Gasteiger partial charge is 0.393 e. The highest BCUT2D eigenvalue weighted by Crippen LogP contribution is 2.23. The third-order valence-electron chi connectivity index (χ3n) is 3.36. The Kier molecular flexibility index (Phi) is 7.10. The van der Waals surface area contributed by atoms with E-state index in [-0.39, 0.29) is 12.5 Å². The Morgan fingerprint density at radius 3 is 2.91 bits per heavy atom. The molecule has 1 aromatic carbocycles. The van der Waals surface area contributed by atoms with Crippen molar-refractivity contribution in [3.05, 3.63) is 72.6 Å². The van der Waals surface area contributed by atoms with Crippen LogP contribution in [-0.2, 0) is 4.84 Å². The highest BCUT2D eigenvalue weighted by atomic mass is 16.6. The second kappa shape index (κ2) is 9.61. The van der Waals surface area contributed by atoms with E-state index in [0.717, 1.165) is 11.1 Å². The van der Waals surface area contributed by atoms with Crippen molar-refractivity contribution in [2.24, 2.45) is 5.16 Å². The van der Waals surface area contributed by atoms with Gasteiger partial charge in [-0.25, -0.2) is 0 Å². The lowest BCUT2D eigenvalue weighted by Crippen LogP contribution is -2.29. The van der Waals surface area contributed by atoms with Crippen LogP contribution in [0.3, 0.4) is 0 Å². The minimum Gasteiger partial charge on any atom is -0.393 e. The Labute approximate surface area is 137 Å². The van der Waals surface area contributed by atoms with Gasteiger partial charge in [0.2, 0.25) is 0 Å². The fourth-order valence-electron chi connectivity index (χ4n) is 2.21. The molecule has 0 radical (unpaired) electrons. The first-order valence-corrected chi connectivity index (χ1v) is 7.64. The van der Waals surface area contributed by atoms with Crippen LogP contribution in [0.4, 0.5) is 0 Å². The first kappa shape index (κ1) is 17.0. The molecule has 5 nitrogen and oxygen atoms in total. The molecule has 0 aliphatic carbocycles. The number of aliphatic hydroxyl groups excluding tert-OH is 1. The lowest BCUT2D eigenvalue weighted by molar-refractivity contribution is 0.0416. The fraction of sp³-hybridized carbons (Fsp3) is 0.278. The van der Waals surface area contributed by atoms with E-state index in [1.54, 1.807) is 12.3 Å². The Bertz CT molecular complexity index is 569. The van der Waals surface area contributed by atoms with E-state index in [1.165, 1.54) is 0 Å². The van der Waals surface area contributed by atoms with Crippen molar-refractivity contribution < 1.29 is 9.94 Å². The molecule has 0 amide bonds. The predicted octanol–water partition coefficient (Wildman–Crippen LogP) is 1.89. The van der Waals surface area contributed by atoms with E-state index in [2.05, 4.69) is 40.6 Å². The van der Waals surface area contributed by atoms with E-state index < -0.39 is 6.10 Å². The average molecular weight is 313 g/mol. The summed E-state index contributed by atoms with van der Waals surface area (Å²) < 4.78 is 0. The van der Waals surface area contributed by atoms with Crippen molar-refractivity contribution in [2.45, 2.75) is 12.0 Å². The molecule has 0 bridgehead atoms. The summed E-state index contributed by atoms with van der Waals surface area (Å²) in [4.78, 5) is 5.18. The smallest absolute Gasteiger partial charge is 0.144 e. The van der Waals surface area contributed by atoms with Gasteiger partial charge in [0.05, 0.1) is 6.21 Å². The molecule has 3 N–H and O–H groups in total. The van der Waals surface area contributed by atoms with Gasteiger partial charge in [0.15, 0.2) is 0 Å². The Hall–Kier alpha value is -2.37. The average Bonchev–Trinajstić information content (AvgIpc) is 2.60. The molecule has 0 fully saturated rings. The van der Waals surface area contributed by atoms with Crippen LogP contribution in [0.5, 0.6) is 0 Å². The van der Waals surface area contributed by atoms with Gasteiger partial charge in [0, 0.05) is 24.6 Å². The van der Waals surface area contributed by atoms with E-state index in [1.807, 2.05) is 30.6 Å². The molecule has 1 unspecified atom stereocenters. The van der Waals surface area contributed by atoms with Crippen molar-refractivity contribution in [3.63, 3.8) is 0 Å². The summed E-state index contributed by atoms with van der Waals surface area (Å²) in [5.74, 6) is 0.215. The van der Waals surface area contributed by atoms with Crippen LogP contribution in [-0.4, -0.2) is 37.1 Å². The van der Waals surface area contributed by atoms with Gasteiger partial charge in [0.25, 0.3) is 0 Å². The van der Waals surface area contributed by atoms with Crippen LogP contribution in [0.1, 0.15) is 17.0 Å². The molecule has 0 spiro atoms. The SMILES string of the molecule is C=CCNCC(O)CON=Cc1ccccc1C1C=CNC=C1. The van der Waals surface area contributed by atoms with E-state index in [4.69, 9.17) is 4.84 Å². The lowest BCUT2D eigenvalue weighted by Gasteiger charge is -2.14. The molecule has 0 saturated carbocycles. The van der Waals surface area contributed by atoms with E-state index in [0.29, 0.717) is 13.1 Å². The standard InChI is InChI=1S/C18H23N3O2/c1-2-9-20-13-17(22)14-23-21-12-16-5-3-4-6-18(16)15-7-10-19-11-8-15/h2-8,10-12,15,17,19-20,22H,1,9,13-14H2. The zero-order chi connectivity index (χ0) is 16.3. The van der Waals surface area contributed by atoms with Crippen LogP contribution in [0.15, 0.2) is 66.6 Å². The summed E-state index contributed by atoms with van der Waals surface area (Å²) in [6.45, 7) is 4.85. The number of allylic oxidation sites excluding steroid dienone is 2. The quantitative estimate of drug-likeness (QED) is 0.282. The first-order chi connectivity index (χ1) is 11.3. The fourth-order valence-corrected chi connectivity index (χ4v) is 2.21. The molecule has 1 aromatic rings. The van der Waals surface area contributed by atoms with Crippen LogP contribution in [0.25, 0.3) is 0 Å². The minimum atomic E-state index is -0.599. The number of aliphatic hydroxyl groups is 1. The van der Waals surface area contributed by atoms with Gasteiger partial charge in [-0.3, -0.25) is 0 Å². The highest BCUT2D eigenvalue weighted by Gasteiger charge is 2.10. The van der Waals surface area contributed by atoms with Gasteiger partial charge in [-0.05, 0) is 18.0 Å². The van der Waals surface area contributed by atoms with Gasteiger partial charge >= 0.3 is 0 Å². The molecule has 122 valence electrons. The molecule has 5 heteroatoms. The minimum absolute atomic E-state index is 0.149. The number of hydrogen-bond donors (Lipinski definition) is 3. The van der Waals surface area contributed by atoms with E-state index >= 15 is 0 Å². The molecular weight excluding hydrogens is 290 g/mol.